The second-order valence-corrected chi connectivity index (χ2v) is 7.84. The van der Waals surface area contributed by atoms with Gasteiger partial charge in [0.1, 0.15) is 30.5 Å². The highest BCUT2D eigenvalue weighted by Gasteiger charge is 2.07. The van der Waals surface area contributed by atoms with E-state index in [0.29, 0.717) is 19.0 Å². The summed E-state index contributed by atoms with van der Waals surface area (Å²) in [5, 5.41) is 6.04. The van der Waals surface area contributed by atoms with Crippen LogP contribution < -0.4 is 24.8 Å². The lowest BCUT2D eigenvalue weighted by atomic mass is 10.2. The molecule has 2 N–H and O–H groups in total. The Bertz CT molecular complexity index is 977. The van der Waals surface area contributed by atoms with Gasteiger partial charge < -0.3 is 24.8 Å². The number of hydrogen-bond acceptors (Lipinski definition) is 5. The lowest BCUT2D eigenvalue weighted by Gasteiger charge is -2.14. The Morgan fingerprint density at radius 3 is 2.18 bits per heavy atom. The standard InChI is InChI=1S/C28H34N2O4/c1-2-3-4-10-19-32-25-17-15-23(16-18-25)30-28(31)22-29-26-13-8-9-14-27(26)34-21-20-33-24-11-6-5-7-12-24/h5-9,11-18,29H,2-4,10,19-22H2,1H3,(H,30,31). The Kier molecular flexibility index (Phi) is 10.6. The van der Waals surface area contributed by atoms with E-state index in [1.807, 2.05) is 78.9 Å². The van der Waals surface area contributed by atoms with Crippen molar-refractivity contribution in [2.75, 3.05) is 37.0 Å². The number of nitrogens with one attached hydrogen (secondary N) is 2. The van der Waals surface area contributed by atoms with E-state index in [0.717, 1.165) is 35.9 Å². The van der Waals surface area contributed by atoms with E-state index in [9.17, 15) is 4.79 Å². The maximum Gasteiger partial charge on any atom is 0.243 e. The Balaban J connectivity index is 1.39. The van der Waals surface area contributed by atoms with Gasteiger partial charge in [-0.2, -0.15) is 0 Å². The summed E-state index contributed by atoms with van der Waals surface area (Å²) in [5.74, 6) is 2.15. The van der Waals surface area contributed by atoms with Gasteiger partial charge in [0.25, 0.3) is 0 Å². The molecule has 0 spiro atoms. The molecule has 6 nitrogen and oxygen atoms in total. The quantitative estimate of drug-likeness (QED) is 0.265. The molecule has 3 aromatic rings. The summed E-state index contributed by atoms with van der Waals surface area (Å²) in [7, 11) is 0. The highest BCUT2D eigenvalue weighted by molar-refractivity contribution is 5.94. The lowest BCUT2D eigenvalue weighted by molar-refractivity contribution is -0.114. The zero-order valence-electron chi connectivity index (χ0n) is 19.8. The van der Waals surface area contributed by atoms with E-state index < -0.39 is 0 Å². The van der Waals surface area contributed by atoms with Crippen molar-refractivity contribution in [3.63, 3.8) is 0 Å². The molecule has 3 rings (SSSR count). The molecule has 0 saturated carbocycles. The second-order valence-electron chi connectivity index (χ2n) is 7.84. The van der Waals surface area contributed by atoms with E-state index in [1.54, 1.807) is 0 Å². The number of benzene rings is 3. The lowest BCUT2D eigenvalue weighted by Crippen LogP contribution is -2.22. The molecule has 0 aliphatic rings. The smallest absolute Gasteiger partial charge is 0.243 e. The monoisotopic (exact) mass is 462 g/mol. The predicted molar refractivity (Wildman–Crippen MR) is 137 cm³/mol. The van der Waals surface area contributed by atoms with Gasteiger partial charge >= 0.3 is 0 Å². The minimum Gasteiger partial charge on any atom is -0.494 e. The Morgan fingerprint density at radius 2 is 1.38 bits per heavy atom. The molecule has 0 fully saturated rings. The summed E-state index contributed by atoms with van der Waals surface area (Å²) in [6, 6.07) is 24.6. The number of carbonyl (C=O) groups excluding carboxylic acids is 1. The number of para-hydroxylation sites is 3. The number of amides is 1. The summed E-state index contributed by atoms with van der Waals surface area (Å²) in [5.41, 5.74) is 1.48. The van der Waals surface area contributed by atoms with Crippen LogP contribution in [0.2, 0.25) is 0 Å². The summed E-state index contributed by atoms with van der Waals surface area (Å²) in [6.45, 7) is 3.86. The topological polar surface area (TPSA) is 68.8 Å². The fourth-order valence-corrected chi connectivity index (χ4v) is 3.30. The summed E-state index contributed by atoms with van der Waals surface area (Å²) in [6.07, 6.45) is 4.70. The molecule has 0 aliphatic heterocycles. The van der Waals surface area contributed by atoms with Crippen LogP contribution in [0, 0.1) is 0 Å². The van der Waals surface area contributed by atoms with Gasteiger partial charge in [0.15, 0.2) is 0 Å². The Morgan fingerprint density at radius 1 is 0.706 bits per heavy atom. The van der Waals surface area contributed by atoms with Gasteiger partial charge in [-0.25, -0.2) is 0 Å². The Labute approximate surface area is 202 Å². The van der Waals surface area contributed by atoms with Crippen LogP contribution in [0.5, 0.6) is 17.2 Å². The van der Waals surface area contributed by atoms with Crippen molar-refractivity contribution in [2.45, 2.75) is 32.6 Å². The molecule has 1 amide bonds. The molecule has 0 saturated heterocycles. The summed E-state index contributed by atoms with van der Waals surface area (Å²) < 4.78 is 17.3. The highest BCUT2D eigenvalue weighted by atomic mass is 16.5. The molecule has 0 unspecified atom stereocenters. The van der Waals surface area contributed by atoms with Crippen molar-refractivity contribution in [1.29, 1.82) is 0 Å². The van der Waals surface area contributed by atoms with Crippen LogP contribution >= 0.6 is 0 Å². The maximum absolute atomic E-state index is 12.4. The van der Waals surface area contributed by atoms with Crippen LogP contribution in [0.25, 0.3) is 0 Å². The zero-order chi connectivity index (χ0) is 23.8. The number of rotatable bonds is 15. The van der Waals surface area contributed by atoms with Gasteiger partial charge in [0.2, 0.25) is 5.91 Å². The molecular weight excluding hydrogens is 428 g/mol. The molecule has 6 heteroatoms. The van der Waals surface area contributed by atoms with Crippen molar-refractivity contribution in [1.82, 2.24) is 0 Å². The average Bonchev–Trinajstić information content (AvgIpc) is 2.87. The van der Waals surface area contributed by atoms with Crippen LogP contribution in [0.1, 0.15) is 32.6 Å². The molecule has 0 aliphatic carbocycles. The first kappa shape index (κ1) is 25.0. The number of carbonyl (C=O) groups is 1. The third kappa shape index (κ3) is 9.06. The van der Waals surface area contributed by atoms with Gasteiger partial charge in [-0.15, -0.1) is 0 Å². The highest BCUT2D eigenvalue weighted by Crippen LogP contribution is 2.23. The van der Waals surface area contributed by atoms with Crippen LogP contribution in [0.3, 0.4) is 0 Å². The first-order valence-corrected chi connectivity index (χ1v) is 11.9. The molecule has 34 heavy (non-hydrogen) atoms. The zero-order valence-corrected chi connectivity index (χ0v) is 19.8. The van der Waals surface area contributed by atoms with Crippen molar-refractivity contribution in [2.24, 2.45) is 0 Å². The summed E-state index contributed by atoms with van der Waals surface area (Å²) in [4.78, 5) is 12.4. The molecule has 3 aromatic carbocycles. The van der Waals surface area contributed by atoms with E-state index in [-0.39, 0.29) is 12.5 Å². The molecule has 0 bridgehead atoms. The first-order valence-electron chi connectivity index (χ1n) is 11.9. The molecule has 0 heterocycles. The minimum atomic E-state index is -0.143. The second kappa shape index (κ2) is 14.5. The number of anilines is 2. The number of unbranched alkanes of at least 4 members (excludes halogenated alkanes) is 3. The third-order valence-electron chi connectivity index (χ3n) is 5.08. The van der Waals surface area contributed by atoms with Crippen molar-refractivity contribution in [3.05, 3.63) is 78.9 Å². The van der Waals surface area contributed by atoms with Gasteiger partial charge in [-0.1, -0.05) is 56.5 Å². The molecule has 180 valence electrons. The van der Waals surface area contributed by atoms with Crippen molar-refractivity contribution in [3.8, 4) is 17.2 Å². The number of ether oxygens (including phenoxy) is 3. The summed E-state index contributed by atoms with van der Waals surface area (Å²) >= 11 is 0. The van der Waals surface area contributed by atoms with Crippen LogP contribution in [-0.2, 0) is 4.79 Å². The molecular formula is C28H34N2O4. The minimum absolute atomic E-state index is 0.122. The van der Waals surface area contributed by atoms with Gasteiger partial charge in [0, 0.05) is 5.69 Å². The van der Waals surface area contributed by atoms with E-state index in [4.69, 9.17) is 14.2 Å². The maximum atomic E-state index is 12.4. The average molecular weight is 463 g/mol. The molecule has 0 atom stereocenters. The van der Waals surface area contributed by atoms with Gasteiger partial charge in [-0.05, 0) is 55.0 Å². The van der Waals surface area contributed by atoms with Crippen molar-refractivity contribution < 1.29 is 19.0 Å². The van der Waals surface area contributed by atoms with Crippen LogP contribution in [0.15, 0.2) is 78.9 Å². The fourth-order valence-electron chi connectivity index (χ4n) is 3.30. The third-order valence-corrected chi connectivity index (χ3v) is 5.08. The van der Waals surface area contributed by atoms with E-state index in [2.05, 4.69) is 17.6 Å². The van der Waals surface area contributed by atoms with E-state index in [1.165, 1.54) is 19.3 Å². The normalized spacial score (nSPS) is 10.4. The van der Waals surface area contributed by atoms with E-state index >= 15 is 0 Å². The first-order chi connectivity index (χ1) is 16.7. The van der Waals surface area contributed by atoms with Crippen LogP contribution in [-0.4, -0.2) is 32.3 Å². The molecule has 0 radical (unpaired) electrons. The van der Waals surface area contributed by atoms with Crippen molar-refractivity contribution >= 4 is 17.3 Å². The van der Waals surface area contributed by atoms with Crippen LogP contribution in [0.4, 0.5) is 11.4 Å². The molecule has 0 aromatic heterocycles. The predicted octanol–water partition coefficient (Wildman–Crippen LogP) is 6.15. The van der Waals surface area contributed by atoms with Gasteiger partial charge in [-0.3, -0.25) is 4.79 Å². The SMILES string of the molecule is CCCCCCOc1ccc(NC(=O)CNc2ccccc2OCCOc2ccccc2)cc1. The largest absolute Gasteiger partial charge is 0.494 e. The number of hydrogen-bond donors (Lipinski definition) is 2. The fraction of sp³-hybridized carbons (Fsp3) is 0.321. The van der Waals surface area contributed by atoms with Gasteiger partial charge in [0.05, 0.1) is 18.8 Å². The Hall–Kier alpha value is -3.67.